The van der Waals surface area contributed by atoms with Gasteiger partial charge in [0.1, 0.15) is 24.2 Å². The van der Waals surface area contributed by atoms with Crippen molar-refractivity contribution >= 4 is 27.5 Å². The summed E-state index contributed by atoms with van der Waals surface area (Å²) in [5.74, 6) is -2.73. The molecule has 0 aliphatic carbocycles. The third-order valence-electron chi connectivity index (χ3n) is 5.55. The average molecular weight is 516 g/mol. The zero-order valence-electron chi connectivity index (χ0n) is 19.9. The molecule has 0 aliphatic rings. The number of benzene rings is 3. The molecule has 0 saturated heterocycles. The molecule has 0 heterocycles. The lowest BCUT2D eigenvalue weighted by Crippen LogP contribution is -2.51. The second kappa shape index (κ2) is 11.8. The highest BCUT2D eigenvalue weighted by molar-refractivity contribution is 7.92. The molecule has 7 nitrogen and oxygen atoms in total. The SMILES string of the molecule is CCNC(=O)[C@H](C)N(Cc1ccccc1F)C(=O)CN(c1ccccc1F)S(=O)(=O)c1ccccc1. The molecule has 2 amide bonds. The fourth-order valence-corrected chi connectivity index (χ4v) is 5.04. The molecule has 0 saturated carbocycles. The summed E-state index contributed by atoms with van der Waals surface area (Å²) in [6, 6.07) is 17.2. The van der Waals surface area contributed by atoms with E-state index in [1.54, 1.807) is 19.1 Å². The quantitative estimate of drug-likeness (QED) is 0.446. The van der Waals surface area contributed by atoms with E-state index in [2.05, 4.69) is 5.32 Å². The molecule has 0 aromatic heterocycles. The van der Waals surface area contributed by atoms with Crippen molar-refractivity contribution in [3.05, 3.63) is 96.1 Å². The zero-order valence-corrected chi connectivity index (χ0v) is 20.7. The van der Waals surface area contributed by atoms with E-state index < -0.39 is 46.1 Å². The van der Waals surface area contributed by atoms with Crippen LogP contribution in [0.4, 0.5) is 14.5 Å². The summed E-state index contributed by atoms with van der Waals surface area (Å²) in [5.41, 5.74) is -0.184. The Morgan fingerprint density at radius 1 is 0.889 bits per heavy atom. The van der Waals surface area contributed by atoms with Crippen LogP contribution in [0.3, 0.4) is 0 Å². The predicted octanol–water partition coefficient (Wildman–Crippen LogP) is 3.71. The summed E-state index contributed by atoms with van der Waals surface area (Å²) in [7, 11) is -4.37. The number of halogens is 2. The van der Waals surface area contributed by atoms with Crippen molar-refractivity contribution in [1.82, 2.24) is 10.2 Å². The minimum atomic E-state index is -4.37. The van der Waals surface area contributed by atoms with E-state index in [0.717, 1.165) is 11.0 Å². The Labute approximate surface area is 209 Å². The van der Waals surface area contributed by atoms with E-state index in [1.807, 2.05) is 0 Å². The van der Waals surface area contributed by atoms with Crippen LogP contribution in [0.5, 0.6) is 0 Å². The van der Waals surface area contributed by atoms with Crippen LogP contribution in [0.15, 0.2) is 83.8 Å². The summed E-state index contributed by atoms with van der Waals surface area (Å²) in [5, 5.41) is 2.61. The highest BCUT2D eigenvalue weighted by Crippen LogP contribution is 2.27. The smallest absolute Gasteiger partial charge is 0.264 e. The van der Waals surface area contributed by atoms with Gasteiger partial charge in [-0.25, -0.2) is 17.2 Å². The van der Waals surface area contributed by atoms with Crippen LogP contribution in [0, 0.1) is 11.6 Å². The van der Waals surface area contributed by atoms with Crippen molar-refractivity contribution in [2.75, 3.05) is 17.4 Å². The molecule has 0 bridgehead atoms. The summed E-state index contributed by atoms with van der Waals surface area (Å²) in [4.78, 5) is 27.1. The van der Waals surface area contributed by atoms with Gasteiger partial charge >= 0.3 is 0 Å². The standard InChI is InChI=1S/C26H27F2N3O4S/c1-3-29-26(33)19(2)30(17-20-11-7-8-14-22(20)27)25(32)18-31(24-16-10-9-15-23(24)28)36(34,35)21-12-5-4-6-13-21/h4-16,19H,3,17-18H2,1-2H3,(H,29,33)/t19-/m0/s1. The Morgan fingerprint density at radius 2 is 1.47 bits per heavy atom. The van der Waals surface area contributed by atoms with E-state index in [1.165, 1.54) is 67.6 Å². The molecule has 0 fully saturated rings. The Balaban J connectivity index is 2.04. The van der Waals surface area contributed by atoms with Gasteiger partial charge in [-0.2, -0.15) is 0 Å². The van der Waals surface area contributed by atoms with Crippen LogP contribution in [-0.2, 0) is 26.2 Å². The van der Waals surface area contributed by atoms with E-state index >= 15 is 0 Å². The normalized spacial score (nSPS) is 12.0. The molecule has 3 rings (SSSR count). The molecular formula is C26H27F2N3O4S. The molecule has 1 atom stereocenters. The number of likely N-dealkylation sites (N-methyl/N-ethyl adjacent to an activating group) is 1. The molecule has 36 heavy (non-hydrogen) atoms. The summed E-state index contributed by atoms with van der Waals surface area (Å²) in [6.45, 7) is 2.37. The number of sulfonamides is 1. The summed E-state index contributed by atoms with van der Waals surface area (Å²) in [6.07, 6.45) is 0. The maximum Gasteiger partial charge on any atom is 0.264 e. The third kappa shape index (κ3) is 6.06. The number of carbonyl (C=O) groups excluding carboxylic acids is 2. The molecule has 0 radical (unpaired) electrons. The Morgan fingerprint density at radius 3 is 2.08 bits per heavy atom. The number of nitrogens with one attached hydrogen (secondary N) is 1. The van der Waals surface area contributed by atoms with Crippen molar-refractivity contribution in [2.24, 2.45) is 0 Å². The molecule has 190 valence electrons. The van der Waals surface area contributed by atoms with Gasteiger partial charge in [0.05, 0.1) is 10.6 Å². The highest BCUT2D eigenvalue weighted by Gasteiger charge is 2.33. The van der Waals surface area contributed by atoms with Gasteiger partial charge in [0.25, 0.3) is 10.0 Å². The van der Waals surface area contributed by atoms with Crippen molar-refractivity contribution in [2.45, 2.75) is 31.3 Å². The van der Waals surface area contributed by atoms with Crippen LogP contribution in [0.25, 0.3) is 0 Å². The van der Waals surface area contributed by atoms with Crippen molar-refractivity contribution < 1.29 is 26.8 Å². The van der Waals surface area contributed by atoms with Gasteiger partial charge in [0.2, 0.25) is 11.8 Å². The maximum absolute atomic E-state index is 14.8. The number of hydrogen-bond acceptors (Lipinski definition) is 4. The monoisotopic (exact) mass is 515 g/mol. The number of hydrogen-bond donors (Lipinski definition) is 1. The predicted molar refractivity (Wildman–Crippen MR) is 132 cm³/mol. The number of amides is 2. The number of anilines is 1. The van der Waals surface area contributed by atoms with Crippen LogP contribution < -0.4 is 9.62 Å². The molecule has 10 heteroatoms. The molecule has 0 spiro atoms. The number of para-hydroxylation sites is 1. The van der Waals surface area contributed by atoms with Gasteiger partial charge in [0, 0.05) is 18.7 Å². The molecule has 1 N–H and O–H groups in total. The van der Waals surface area contributed by atoms with Gasteiger partial charge in [-0.15, -0.1) is 0 Å². The minimum absolute atomic E-state index is 0.140. The lowest BCUT2D eigenvalue weighted by Gasteiger charge is -2.32. The second-order valence-electron chi connectivity index (χ2n) is 7.96. The minimum Gasteiger partial charge on any atom is -0.355 e. The van der Waals surface area contributed by atoms with E-state index in [9.17, 15) is 26.8 Å². The summed E-state index contributed by atoms with van der Waals surface area (Å²) >= 11 is 0. The Hall–Kier alpha value is -3.79. The van der Waals surface area contributed by atoms with Crippen molar-refractivity contribution in [3.8, 4) is 0 Å². The van der Waals surface area contributed by atoms with Crippen LogP contribution in [0.2, 0.25) is 0 Å². The van der Waals surface area contributed by atoms with Crippen molar-refractivity contribution in [3.63, 3.8) is 0 Å². The second-order valence-corrected chi connectivity index (χ2v) is 9.82. The third-order valence-corrected chi connectivity index (χ3v) is 7.32. The van der Waals surface area contributed by atoms with Gasteiger partial charge in [-0.05, 0) is 44.2 Å². The van der Waals surface area contributed by atoms with Gasteiger partial charge in [-0.1, -0.05) is 48.5 Å². The fraction of sp³-hybridized carbons (Fsp3) is 0.231. The first-order valence-electron chi connectivity index (χ1n) is 11.3. The van der Waals surface area contributed by atoms with E-state index in [4.69, 9.17) is 0 Å². The molecule has 3 aromatic carbocycles. The number of rotatable bonds is 10. The lowest BCUT2D eigenvalue weighted by atomic mass is 10.1. The summed E-state index contributed by atoms with van der Waals surface area (Å²) < 4.78 is 56.9. The molecule has 0 unspecified atom stereocenters. The van der Waals surface area contributed by atoms with Gasteiger partial charge in [0.15, 0.2) is 0 Å². The van der Waals surface area contributed by atoms with E-state index in [-0.39, 0.29) is 22.7 Å². The topological polar surface area (TPSA) is 86.8 Å². The number of carbonyl (C=O) groups is 2. The van der Waals surface area contributed by atoms with Crippen LogP contribution in [-0.4, -0.2) is 44.3 Å². The highest BCUT2D eigenvalue weighted by atomic mass is 32.2. The molecular weight excluding hydrogens is 488 g/mol. The largest absolute Gasteiger partial charge is 0.355 e. The van der Waals surface area contributed by atoms with Crippen LogP contribution in [0.1, 0.15) is 19.4 Å². The number of nitrogens with zero attached hydrogens (tertiary/aromatic N) is 2. The van der Waals surface area contributed by atoms with Crippen LogP contribution >= 0.6 is 0 Å². The lowest BCUT2D eigenvalue weighted by molar-refractivity contribution is -0.139. The van der Waals surface area contributed by atoms with E-state index in [0.29, 0.717) is 10.8 Å². The van der Waals surface area contributed by atoms with Gasteiger partial charge < -0.3 is 10.2 Å². The molecule has 0 aliphatic heterocycles. The first kappa shape index (κ1) is 26.8. The average Bonchev–Trinajstić information content (AvgIpc) is 2.87. The first-order valence-corrected chi connectivity index (χ1v) is 12.7. The van der Waals surface area contributed by atoms with Gasteiger partial charge in [-0.3, -0.25) is 13.9 Å². The zero-order chi connectivity index (χ0) is 26.3. The Kier molecular flexibility index (Phi) is 8.76. The molecule has 3 aromatic rings. The van der Waals surface area contributed by atoms with Crippen molar-refractivity contribution in [1.29, 1.82) is 0 Å². The first-order chi connectivity index (χ1) is 17.2. The fourth-order valence-electron chi connectivity index (χ4n) is 3.60. The Bertz CT molecular complexity index is 1320. The maximum atomic E-state index is 14.8.